The Morgan fingerprint density at radius 3 is 1.23 bits per heavy atom. The zero-order chi connectivity index (χ0) is 37.8. The molecule has 0 unspecified atom stereocenters. The smallest absolute Gasteiger partial charge is 0.306 e. The van der Waals surface area contributed by atoms with E-state index in [2.05, 4.69) is 62.5 Å². The van der Waals surface area contributed by atoms with Crippen LogP contribution in [0.25, 0.3) is 0 Å². The number of aliphatic hydroxyl groups excluding tert-OH is 1. The number of esters is 2. The normalized spacial score (nSPS) is 12.6. The fraction of sp³-hybridized carbons (Fsp3) is 0.787. The minimum Gasteiger partial charge on any atom is -0.462 e. The highest BCUT2D eigenvalue weighted by Crippen LogP contribution is 2.14. The number of aliphatic hydroxyl groups is 1. The molecular weight excluding hydrogens is 645 g/mol. The molecule has 302 valence electrons. The van der Waals surface area contributed by atoms with Gasteiger partial charge >= 0.3 is 11.9 Å². The van der Waals surface area contributed by atoms with E-state index in [0.29, 0.717) is 19.3 Å². The standard InChI is InChI=1S/C47H84O5/c1-3-5-7-9-11-13-15-17-19-21-22-23-24-26-28-30-32-34-36-38-40-42-47(50)52-45(43-48)44-51-46(49)41-39-37-35-33-31-29-27-25-20-18-16-14-12-10-8-6-4-2/h17-20,27,29,33,35,45,48H,3-16,21-26,28,30-32,34,36-44H2,1-2H3/b19-17-,20-18-,29-27-,35-33-/t45-/m0/s1. The molecule has 5 nitrogen and oxygen atoms in total. The summed E-state index contributed by atoms with van der Waals surface area (Å²) in [5.74, 6) is -0.649. The summed E-state index contributed by atoms with van der Waals surface area (Å²) in [7, 11) is 0. The Labute approximate surface area is 322 Å². The zero-order valence-electron chi connectivity index (χ0n) is 34.3. The van der Waals surface area contributed by atoms with Gasteiger partial charge in [-0.1, -0.05) is 184 Å². The molecule has 1 atom stereocenters. The Morgan fingerprint density at radius 2 is 0.788 bits per heavy atom. The van der Waals surface area contributed by atoms with Crippen LogP contribution in [0.15, 0.2) is 48.6 Å². The van der Waals surface area contributed by atoms with E-state index in [1.807, 2.05) is 0 Å². The van der Waals surface area contributed by atoms with Crippen LogP contribution in [-0.2, 0) is 19.1 Å². The first kappa shape index (κ1) is 49.9. The van der Waals surface area contributed by atoms with Crippen LogP contribution in [0.1, 0.15) is 219 Å². The minimum atomic E-state index is -0.792. The monoisotopic (exact) mass is 729 g/mol. The lowest BCUT2D eigenvalue weighted by atomic mass is 10.0. The van der Waals surface area contributed by atoms with Crippen LogP contribution >= 0.6 is 0 Å². The van der Waals surface area contributed by atoms with E-state index in [0.717, 1.165) is 38.5 Å². The van der Waals surface area contributed by atoms with Crippen LogP contribution < -0.4 is 0 Å². The van der Waals surface area contributed by atoms with Crippen LogP contribution in [0, 0.1) is 0 Å². The van der Waals surface area contributed by atoms with E-state index in [9.17, 15) is 14.7 Å². The van der Waals surface area contributed by atoms with Gasteiger partial charge in [-0.3, -0.25) is 9.59 Å². The molecule has 0 saturated heterocycles. The van der Waals surface area contributed by atoms with Crippen LogP contribution in [0.3, 0.4) is 0 Å². The van der Waals surface area contributed by atoms with Crippen LogP contribution in [0.5, 0.6) is 0 Å². The molecule has 52 heavy (non-hydrogen) atoms. The number of hydrogen-bond acceptors (Lipinski definition) is 5. The van der Waals surface area contributed by atoms with Crippen LogP contribution in [-0.4, -0.2) is 36.4 Å². The van der Waals surface area contributed by atoms with E-state index in [4.69, 9.17) is 9.47 Å². The topological polar surface area (TPSA) is 72.8 Å². The highest BCUT2D eigenvalue weighted by Gasteiger charge is 2.16. The lowest BCUT2D eigenvalue weighted by Crippen LogP contribution is -2.28. The van der Waals surface area contributed by atoms with Crippen LogP contribution in [0.4, 0.5) is 0 Å². The molecule has 0 aliphatic rings. The second-order valence-corrected chi connectivity index (χ2v) is 14.8. The molecule has 0 aliphatic carbocycles. The highest BCUT2D eigenvalue weighted by molar-refractivity contribution is 5.70. The van der Waals surface area contributed by atoms with E-state index < -0.39 is 6.10 Å². The maximum atomic E-state index is 12.2. The summed E-state index contributed by atoms with van der Waals surface area (Å²) in [5.41, 5.74) is 0. The van der Waals surface area contributed by atoms with Crippen molar-refractivity contribution in [1.29, 1.82) is 0 Å². The molecule has 0 fully saturated rings. The Hall–Kier alpha value is -2.14. The molecule has 0 spiro atoms. The maximum Gasteiger partial charge on any atom is 0.306 e. The van der Waals surface area contributed by atoms with Gasteiger partial charge in [0.25, 0.3) is 0 Å². The first-order valence-electron chi connectivity index (χ1n) is 22.2. The second kappa shape index (κ2) is 43.3. The third-order valence-corrected chi connectivity index (χ3v) is 9.60. The summed E-state index contributed by atoms with van der Waals surface area (Å²) < 4.78 is 10.6. The van der Waals surface area contributed by atoms with Crippen molar-refractivity contribution in [2.45, 2.75) is 225 Å². The van der Waals surface area contributed by atoms with Gasteiger partial charge in [0.05, 0.1) is 6.61 Å². The maximum absolute atomic E-state index is 12.2. The van der Waals surface area contributed by atoms with Gasteiger partial charge in [-0.25, -0.2) is 0 Å². The molecule has 0 radical (unpaired) electrons. The van der Waals surface area contributed by atoms with Crippen LogP contribution in [0.2, 0.25) is 0 Å². The van der Waals surface area contributed by atoms with E-state index in [1.165, 1.54) is 148 Å². The lowest BCUT2D eigenvalue weighted by molar-refractivity contribution is -0.161. The van der Waals surface area contributed by atoms with Crippen molar-refractivity contribution in [3.05, 3.63) is 48.6 Å². The number of hydrogen-bond donors (Lipinski definition) is 1. The number of unbranched alkanes of at least 4 members (excludes halogenated alkanes) is 24. The molecular formula is C47H84O5. The van der Waals surface area contributed by atoms with Gasteiger partial charge in [-0.2, -0.15) is 0 Å². The molecule has 0 aliphatic heterocycles. The lowest BCUT2D eigenvalue weighted by Gasteiger charge is -2.15. The summed E-state index contributed by atoms with van der Waals surface area (Å²) in [6.07, 6.45) is 54.7. The Bertz CT molecular complexity index is 873. The van der Waals surface area contributed by atoms with E-state index in [-0.39, 0.29) is 25.2 Å². The fourth-order valence-electron chi connectivity index (χ4n) is 6.21. The summed E-state index contributed by atoms with van der Waals surface area (Å²) in [4.78, 5) is 24.3. The summed E-state index contributed by atoms with van der Waals surface area (Å²) in [6.45, 7) is 4.09. The average molecular weight is 729 g/mol. The molecule has 0 aromatic rings. The third-order valence-electron chi connectivity index (χ3n) is 9.60. The predicted octanol–water partition coefficient (Wildman–Crippen LogP) is 14.2. The van der Waals surface area contributed by atoms with Gasteiger partial charge in [0.2, 0.25) is 0 Å². The second-order valence-electron chi connectivity index (χ2n) is 14.8. The Balaban J connectivity index is 3.59. The molecule has 1 N–H and O–H groups in total. The van der Waals surface area contributed by atoms with Crippen molar-refractivity contribution < 1.29 is 24.2 Å². The quantitative estimate of drug-likeness (QED) is 0.0386. The zero-order valence-corrected chi connectivity index (χ0v) is 34.3. The van der Waals surface area contributed by atoms with Crippen molar-refractivity contribution in [2.24, 2.45) is 0 Å². The van der Waals surface area contributed by atoms with Crippen molar-refractivity contribution in [2.75, 3.05) is 13.2 Å². The van der Waals surface area contributed by atoms with Gasteiger partial charge in [0.15, 0.2) is 6.10 Å². The molecule has 0 aromatic heterocycles. The summed E-state index contributed by atoms with van der Waals surface area (Å²) in [6, 6.07) is 0. The van der Waals surface area contributed by atoms with Crippen molar-refractivity contribution in [1.82, 2.24) is 0 Å². The molecule has 0 bridgehead atoms. The van der Waals surface area contributed by atoms with Gasteiger partial charge in [-0.15, -0.1) is 0 Å². The molecule has 0 amide bonds. The number of rotatable bonds is 40. The Morgan fingerprint density at radius 1 is 0.442 bits per heavy atom. The van der Waals surface area contributed by atoms with E-state index in [1.54, 1.807) is 0 Å². The number of carbonyl (C=O) groups excluding carboxylic acids is 2. The van der Waals surface area contributed by atoms with Crippen molar-refractivity contribution in [3.8, 4) is 0 Å². The third kappa shape index (κ3) is 40.6. The molecule has 0 aromatic carbocycles. The molecule has 0 heterocycles. The molecule has 5 heteroatoms. The minimum absolute atomic E-state index is 0.0918. The largest absolute Gasteiger partial charge is 0.462 e. The molecule has 0 saturated carbocycles. The highest BCUT2D eigenvalue weighted by atomic mass is 16.6. The number of carbonyl (C=O) groups is 2. The van der Waals surface area contributed by atoms with Gasteiger partial charge in [-0.05, 0) is 70.6 Å². The van der Waals surface area contributed by atoms with Gasteiger partial charge < -0.3 is 14.6 Å². The van der Waals surface area contributed by atoms with Gasteiger partial charge in [0.1, 0.15) is 6.61 Å². The van der Waals surface area contributed by atoms with E-state index >= 15 is 0 Å². The first-order chi connectivity index (χ1) is 25.6. The predicted molar refractivity (Wildman–Crippen MR) is 224 cm³/mol. The fourth-order valence-corrected chi connectivity index (χ4v) is 6.21. The average Bonchev–Trinajstić information content (AvgIpc) is 3.15. The number of allylic oxidation sites excluding steroid dienone is 8. The summed E-state index contributed by atoms with van der Waals surface area (Å²) in [5, 5.41) is 9.58. The van der Waals surface area contributed by atoms with Crippen molar-refractivity contribution in [3.63, 3.8) is 0 Å². The molecule has 0 rings (SSSR count). The van der Waals surface area contributed by atoms with Gasteiger partial charge in [0, 0.05) is 12.8 Å². The SMILES string of the molecule is CCCCCCCC/C=C\C/C=C\C/C=C\CCCC(=O)OC[C@H](CO)OC(=O)CCCCCCCCCCCCC/C=C\CCCCCCCC. The Kier molecular flexibility index (Phi) is 41.5. The summed E-state index contributed by atoms with van der Waals surface area (Å²) >= 11 is 0. The first-order valence-corrected chi connectivity index (χ1v) is 22.2. The van der Waals surface area contributed by atoms with Crippen molar-refractivity contribution >= 4 is 11.9 Å². The number of ether oxygens (including phenoxy) is 2.